The summed E-state index contributed by atoms with van der Waals surface area (Å²) in [5, 5.41) is 2.70. The Morgan fingerprint density at radius 2 is 1.52 bits per heavy atom. The predicted octanol–water partition coefficient (Wildman–Crippen LogP) is 5.44. The summed E-state index contributed by atoms with van der Waals surface area (Å²) in [4.78, 5) is 12.3. The van der Waals surface area contributed by atoms with Crippen molar-refractivity contribution in [2.75, 3.05) is 0 Å². The lowest BCUT2D eigenvalue weighted by atomic mass is 9.74. The lowest BCUT2D eigenvalue weighted by molar-refractivity contribution is -0.198. The molecule has 0 unspecified atom stereocenters. The molecule has 3 rings (SSSR count). The van der Waals surface area contributed by atoms with Crippen molar-refractivity contribution in [1.82, 2.24) is 5.32 Å². The number of hydrogen-bond donors (Lipinski definition) is 1. The molecular formula is C19H21F6NO. The molecule has 2 aliphatic carbocycles. The van der Waals surface area contributed by atoms with Crippen molar-refractivity contribution < 1.29 is 31.1 Å². The van der Waals surface area contributed by atoms with Crippen LogP contribution in [0.5, 0.6) is 0 Å². The van der Waals surface area contributed by atoms with Crippen LogP contribution in [0.2, 0.25) is 0 Å². The molecule has 2 saturated carbocycles. The third-order valence-corrected chi connectivity index (χ3v) is 5.72. The van der Waals surface area contributed by atoms with E-state index in [1.165, 1.54) is 12.1 Å². The Hall–Kier alpha value is -1.73. The molecule has 0 bridgehead atoms. The van der Waals surface area contributed by atoms with Crippen LogP contribution >= 0.6 is 0 Å². The minimum Gasteiger partial charge on any atom is -0.353 e. The molecule has 1 N–H and O–H groups in total. The summed E-state index contributed by atoms with van der Waals surface area (Å²) in [5.74, 6) is -3.16. The summed E-state index contributed by atoms with van der Waals surface area (Å²) in [6.07, 6.45) is -6.38. The Balaban J connectivity index is 1.53. The van der Waals surface area contributed by atoms with Gasteiger partial charge in [0.15, 0.2) is 0 Å². The number of hydrogen-bond acceptors (Lipinski definition) is 1. The van der Waals surface area contributed by atoms with Crippen molar-refractivity contribution in [2.24, 2.45) is 11.8 Å². The van der Waals surface area contributed by atoms with E-state index in [2.05, 4.69) is 5.32 Å². The van der Waals surface area contributed by atoms with Gasteiger partial charge in [-0.15, -0.1) is 0 Å². The van der Waals surface area contributed by atoms with E-state index in [9.17, 15) is 31.1 Å². The number of carbonyl (C=O) groups is 1. The van der Waals surface area contributed by atoms with Gasteiger partial charge in [0.1, 0.15) is 0 Å². The Morgan fingerprint density at radius 1 is 0.926 bits per heavy atom. The van der Waals surface area contributed by atoms with Gasteiger partial charge in [0.2, 0.25) is 5.91 Å². The van der Waals surface area contributed by atoms with Gasteiger partial charge in [0.05, 0.1) is 11.5 Å². The molecule has 2 nitrogen and oxygen atoms in total. The smallest absolute Gasteiger partial charge is 0.353 e. The third-order valence-electron chi connectivity index (χ3n) is 5.72. The van der Waals surface area contributed by atoms with E-state index in [1.54, 1.807) is 0 Å². The van der Waals surface area contributed by atoms with Gasteiger partial charge in [0, 0.05) is 12.0 Å². The first-order valence-electron chi connectivity index (χ1n) is 9.10. The Labute approximate surface area is 153 Å². The molecule has 2 aliphatic rings. The molecule has 1 aromatic carbocycles. The van der Waals surface area contributed by atoms with Crippen LogP contribution in [0.25, 0.3) is 0 Å². The summed E-state index contributed by atoms with van der Waals surface area (Å²) in [5.41, 5.74) is 0.0326. The van der Waals surface area contributed by atoms with Crippen molar-refractivity contribution in [2.45, 2.75) is 62.8 Å². The Bertz CT molecular complexity index is 660. The SMILES string of the molecule is O=C(NC1CC(c2ccc(C(F)(F)F)cc2)C1)[C@@H]1CCCC[C@H]1C(F)(F)F. The van der Waals surface area contributed by atoms with Gasteiger partial charge in [-0.25, -0.2) is 0 Å². The number of alkyl halides is 6. The maximum Gasteiger partial charge on any atom is 0.416 e. The second kappa shape index (κ2) is 7.36. The highest BCUT2D eigenvalue weighted by molar-refractivity contribution is 5.79. The van der Waals surface area contributed by atoms with Crippen LogP contribution in [0.1, 0.15) is 55.6 Å². The highest BCUT2D eigenvalue weighted by atomic mass is 19.4. The van der Waals surface area contributed by atoms with Crippen LogP contribution in [0.3, 0.4) is 0 Å². The summed E-state index contributed by atoms with van der Waals surface area (Å²) in [6, 6.07) is 4.67. The van der Waals surface area contributed by atoms with Gasteiger partial charge < -0.3 is 5.32 Å². The summed E-state index contributed by atoms with van der Waals surface area (Å²) >= 11 is 0. The minimum atomic E-state index is -4.39. The fraction of sp³-hybridized carbons (Fsp3) is 0.632. The molecule has 0 saturated heterocycles. The molecule has 150 valence electrons. The number of halogens is 6. The van der Waals surface area contributed by atoms with Gasteiger partial charge in [-0.3, -0.25) is 4.79 Å². The fourth-order valence-corrected chi connectivity index (χ4v) is 4.10. The Morgan fingerprint density at radius 3 is 2.07 bits per heavy atom. The summed E-state index contributed by atoms with van der Waals surface area (Å²) in [6.45, 7) is 0. The van der Waals surface area contributed by atoms with E-state index in [0.717, 1.165) is 17.7 Å². The molecule has 27 heavy (non-hydrogen) atoms. The molecule has 1 aromatic rings. The molecule has 2 atom stereocenters. The predicted molar refractivity (Wildman–Crippen MR) is 86.9 cm³/mol. The molecule has 0 aliphatic heterocycles. The van der Waals surface area contributed by atoms with Crippen LogP contribution in [0, 0.1) is 11.8 Å². The number of carbonyl (C=O) groups excluding carboxylic acids is 1. The maximum absolute atomic E-state index is 13.1. The first-order chi connectivity index (χ1) is 12.6. The van der Waals surface area contributed by atoms with Crippen molar-refractivity contribution in [3.8, 4) is 0 Å². The number of rotatable bonds is 3. The van der Waals surface area contributed by atoms with Crippen LogP contribution in [-0.4, -0.2) is 18.1 Å². The van der Waals surface area contributed by atoms with Crippen molar-refractivity contribution in [3.63, 3.8) is 0 Å². The minimum absolute atomic E-state index is 0.0135. The number of benzene rings is 1. The van der Waals surface area contributed by atoms with Crippen LogP contribution < -0.4 is 5.32 Å². The molecule has 2 fully saturated rings. The van der Waals surface area contributed by atoms with Gasteiger partial charge in [-0.05, 0) is 49.3 Å². The van der Waals surface area contributed by atoms with Crippen LogP contribution in [0.15, 0.2) is 24.3 Å². The van der Waals surface area contributed by atoms with Gasteiger partial charge in [0.25, 0.3) is 0 Å². The van der Waals surface area contributed by atoms with Crippen molar-refractivity contribution >= 4 is 5.91 Å². The van der Waals surface area contributed by atoms with E-state index in [1.807, 2.05) is 0 Å². The quantitative estimate of drug-likeness (QED) is 0.681. The normalized spacial score (nSPS) is 29.1. The second-order valence-corrected chi connectivity index (χ2v) is 7.53. The highest BCUT2D eigenvalue weighted by Gasteiger charge is 2.48. The van der Waals surface area contributed by atoms with Gasteiger partial charge in [-0.1, -0.05) is 25.0 Å². The molecule has 0 radical (unpaired) electrons. The van der Waals surface area contributed by atoms with Crippen LogP contribution in [0.4, 0.5) is 26.3 Å². The average molecular weight is 393 g/mol. The lowest BCUT2D eigenvalue weighted by Gasteiger charge is -2.39. The number of amides is 1. The topological polar surface area (TPSA) is 29.1 Å². The number of nitrogens with one attached hydrogen (secondary N) is 1. The highest BCUT2D eigenvalue weighted by Crippen LogP contribution is 2.43. The average Bonchev–Trinajstić information content (AvgIpc) is 2.56. The van der Waals surface area contributed by atoms with Crippen LogP contribution in [-0.2, 0) is 11.0 Å². The zero-order chi connectivity index (χ0) is 19.8. The first-order valence-corrected chi connectivity index (χ1v) is 9.10. The van der Waals surface area contributed by atoms with Gasteiger partial charge >= 0.3 is 12.4 Å². The van der Waals surface area contributed by atoms with Gasteiger partial charge in [-0.2, -0.15) is 26.3 Å². The molecule has 0 aromatic heterocycles. The lowest BCUT2D eigenvalue weighted by Crippen LogP contribution is -2.49. The van der Waals surface area contributed by atoms with E-state index in [-0.39, 0.29) is 24.8 Å². The molecule has 0 spiro atoms. The zero-order valence-corrected chi connectivity index (χ0v) is 14.5. The van der Waals surface area contributed by atoms with E-state index < -0.39 is 35.7 Å². The van der Waals surface area contributed by atoms with Crippen molar-refractivity contribution in [3.05, 3.63) is 35.4 Å². The Kier molecular flexibility index (Phi) is 5.45. The standard InChI is InChI=1S/C19H21F6NO/c20-18(21,22)13-7-5-11(6-8-13)12-9-14(10-12)26-17(27)15-3-1-2-4-16(15)19(23,24)25/h5-8,12,14-16H,1-4,9-10H2,(H,26,27)/t12?,14?,15-,16-/m1/s1. The van der Waals surface area contributed by atoms with E-state index >= 15 is 0 Å². The summed E-state index contributed by atoms with van der Waals surface area (Å²) in [7, 11) is 0. The molecule has 8 heteroatoms. The monoisotopic (exact) mass is 393 g/mol. The zero-order valence-electron chi connectivity index (χ0n) is 14.5. The second-order valence-electron chi connectivity index (χ2n) is 7.53. The van der Waals surface area contributed by atoms with Crippen molar-refractivity contribution in [1.29, 1.82) is 0 Å². The summed E-state index contributed by atoms with van der Waals surface area (Å²) < 4.78 is 77.1. The maximum atomic E-state index is 13.1. The van der Waals surface area contributed by atoms with E-state index in [0.29, 0.717) is 25.7 Å². The molecule has 1 amide bonds. The first kappa shape index (κ1) is 20.0. The fourth-order valence-electron chi connectivity index (χ4n) is 4.10. The van der Waals surface area contributed by atoms with E-state index in [4.69, 9.17) is 0 Å². The third kappa shape index (κ3) is 4.58. The largest absolute Gasteiger partial charge is 0.416 e. The molecule has 0 heterocycles. The molecular weight excluding hydrogens is 372 g/mol.